The molecule has 0 spiro atoms. The van der Waals surface area contributed by atoms with Crippen LogP contribution in [0.1, 0.15) is 37.3 Å². The first kappa shape index (κ1) is 14.3. The van der Waals surface area contributed by atoms with Gasteiger partial charge >= 0.3 is 0 Å². The van der Waals surface area contributed by atoms with Crippen molar-refractivity contribution in [3.8, 4) is 0 Å². The first-order chi connectivity index (χ1) is 9.67. The van der Waals surface area contributed by atoms with Crippen LogP contribution in [-0.2, 0) is 6.54 Å². The van der Waals surface area contributed by atoms with Gasteiger partial charge in [0.15, 0.2) is 5.13 Å². The van der Waals surface area contributed by atoms with Crippen LogP contribution in [0.4, 0.5) is 5.13 Å². The van der Waals surface area contributed by atoms with E-state index < -0.39 is 0 Å². The van der Waals surface area contributed by atoms with E-state index in [-0.39, 0.29) is 0 Å². The van der Waals surface area contributed by atoms with Crippen LogP contribution in [0.25, 0.3) is 0 Å². The van der Waals surface area contributed by atoms with E-state index >= 15 is 0 Å². The molecule has 1 saturated heterocycles. The quantitative estimate of drug-likeness (QED) is 0.902. The third-order valence-electron chi connectivity index (χ3n) is 4.45. The number of hydrogen-bond acceptors (Lipinski definition) is 5. The van der Waals surface area contributed by atoms with E-state index in [0.717, 1.165) is 38.8 Å². The molecule has 1 unspecified atom stereocenters. The Morgan fingerprint density at radius 2 is 2.15 bits per heavy atom. The second kappa shape index (κ2) is 6.00. The lowest BCUT2D eigenvalue weighted by molar-refractivity contribution is 0.199. The van der Waals surface area contributed by atoms with Crippen LogP contribution in [0.5, 0.6) is 0 Å². The predicted molar refractivity (Wildman–Crippen MR) is 85.6 cm³/mol. The molecule has 1 N–H and O–H groups in total. The smallest absolute Gasteiger partial charge is 0.185 e. The maximum atomic E-state index is 4.80. The third kappa shape index (κ3) is 3.15. The molecule has 0 radical (unpaired) electrons. The van der Waals surface area contributed by atoms with Gasteiger partial charge in [0.25, 0.3) is 0 Å². The zero-order valence-electron chi connectivity index (χ0n) is 12.9. The van der Waals surface area contributed by atoms with Gasteiger partial charge in [-0.3, -0.25) is 4.90 Å². The van der Waals surface area contributed by atoms with Crippen LogP contribution < -0.4 is 10.2 Å². The Morgan fingerprint density at radius 1 is 1.35 bits per heavy atom. The van der Waals surface area contributed by atoms with Gasteiger partial charge in [-0.1, -0.05) is 6.92 Å². The molecular weight excluding hydrogens is 268 g/mol. The topological polar surface area (TPSA) is 31.4 Å². The molecule has 0 aromatic carbocycles. The maximum absolute atomic E-state index is 4.80. The van der Waals surface area contributed by atoms with Crippen molar-refractivity contribution in [2.75, 3.05) is 31.1 Å². The van der Waals surface area contributed by atoms with E-state index in [1.54, 1.807) is 0 Å². The van der Waals surface area contributed by atoms with E-state index in [4.69, 9.17) is 4.98 Å². The van der Waals surface area contributed by atoms with Crippen molar-refractivity contribution in [1.82, 2.24) is 15.2 Å². The summed E-state index contributed by atoms with van der Waals surface area (Å²) >= 11 is 1.88. The highest BCUT2D eigenvalue weighted by molar-refractivity contribution is 7.15. The highest BCUT2D eigenvalue weighted by atomic mass is 32.1. The minimum absolute atomic E-state index is 0.631. The summed E-state index contributed by atoms with van der Waals surface area (Å²) in [5, 5.41) is 4.82. The lowest BCUT2D eigenvalue weighted by atomic mass is 10.2. The minimum atomic E-state index is 0.631. The molecule has 2 aliphatic rings. The van der Waals surface area contributed by atoms with Gasteiger partial charge in [0.05, 0.1) is 5.69 Å². The highest BCUT2D eigenvalue weighted by Crippen LogP contribution is 2.29. The fraction of sp³-hybridized carbons (Fsp3) is 0.800. The molecule has 20 heavy (non-hydrogen) atoms. The van der Waals surface area contributed by atoms with Crippen molar-refractivity contribution in [2.45, 2.75) is 52.2 Å². The van der Waals surface area contributed by atoms with Gasteiger partial charge in [-0.05, 0) is 33.2 Å². The fourth-order valence-electron chi connectivity index (χ4n) is 2.88. The summed E-state index contributed by atoms with van der Waals surface area (Å²) in [4.78, 5) is 11.2. The van der Waals surface area contributed by atoms with Gasteiger partial charge in [-0.15, -0.1) is 11.3 Å². The molecule has 2 fully saturated rings. The van der Waals surface area contributed by atoms with Crippen molar-refractivity contribution < 1.29 is 0 Å². The zero-order valence-corrected chi connectivity index (χ0v) is 13.7. The monoisotopic (exact) mass is 294 g/mol. The average molecular weight is 294 g/mol. The summed E-state index contributed by atoms with van der Waals surface area (Å²) in [5.74, 6) is 0. The lowest BCUT2D eigenvalue weighted by Gasteiger charge is -2.39. The van der Waals surface area contributed by atoms with Crippen LogP contribution in [0.3, 0.4) is 0 Å². The molecule has 112 valence electrons. The maximum Gasteiger partial charge on any atom is 0.185 e. The van der Waals surface area contributed by atoms with Gasteiger partial charge < -0.3 is 10.2 Å². The molecule has 0 amide bonds. The summed E-state index contributed by atoms with van der Waals surface area (Å²) in [5.41, 5.74) is 1.21. The van der Waals surface area contributed by atoms with Gasteiger partial charge in [0.2, 0.25) is 0 Å². The van der Waals surface area contributed by atoms with E-state index in [0.29, 0.717) is 6.04 Å². The summed E-state index contributed by atoms with van der Waals surface area (Å²) in [7, 11) is 0. The van der Waals surface area contributed by atoms with Crippen LogP contribution in [0, 0.1) is 6.92 Å². The molecule has 5 heteroatoms. The summed E-state index contributed by atoms with van der Waals surface area (Å²) in [6.45, 7) is 12.3. The number of aromatic nitrogens is 1. The number of rotatable bonds is 5. The largest absolute Gasteiger partial charge is 0.345 e. The van der Waals surface area contributed by atoms with Crippen LogP contribution >= 0.6 is 11.3 Å². The Labute approximate surface area is 126 Å². The molecule has 1 aliphatic carbocycles. The molecular formula is C15H26N4S. The summed E-state index contributed by atoms with van der Waals surface area (Å²) < 4.78 is 0. The van der Waals surface area contributed by atoms with Gasteiger partial charge in [0, 0.05) is 43.1 Å². The van der Waals surface area contributed by atoms with Crippen molar-refractivity contribution in [3.05, 3.63) is 10.6 Å². The molecule has 2 heterocycles. The summed E-state index contributed by atoms with van der Waals surface area (Å²) in [6.07, 6.45) is 2.70. The fourth-order valence-corrected chi connectivity index (χ4v) is 3.92. The average Bonchev–Trinajstić information content (AvgIpc) is 3.19. The molecule has 1 aromatic rings. The SMILES string of the molecule is CCN1CCN(c2nc(C)c(CNC3CC3)s2)CC1C. The number of nitrogens with zero attached hydrogens (tertiary/aromatic N) is 3. The molecule has 4 nitrogen and oxygen atoms in total. The Bertz CT molecular complexity index is 455. The first-order valence-corrected chi connectivity index (χ1v) is 8.67. The second-order valence-electron chi connectivity index (χ2n) is 6.08. The number of anilines is 1. The van der Waals surface area contributed by atoms with E-state index in [2.05, 4.69) is 35.9 Å². The second-order valence-corrected chi connectivity index (χ2v) is 7.15. The number of aryl methyl sites for hydroxylation is 1. The normalized spacial score (nSPS) is 24.4. The standard InChI is InChI=1S/C15H26N4S/c1-4-18-7-8-19(10-11(18)2)15-17-12(3)14(20-15)9-16-13-5-6-13/h11,13,16H,4-10H2,1-3H3. The molecule has 0 bridgehead atoms. The van der Waals surface area contributed by atoms with E-state index in [1.807, 2.05) is 11.3 Å². The van der Waals surface area contributed by atoms with Crippen LogP contribution in [-0.4, -0.2) is 48.1 Å². The number of thiazole rings is 1. The zero-order chi connectivity index (χ0) is 14.1. The van der Waals surface area contributed by atoms with Crippen molar-refractivity contribution >= 4 is 16.5 Å². The molecule has 1 aromatic heterocycles. The minimum Gasteiger partial charge on any atom is -0.345 e. The Kier molecular flexibility index (Phi) is 4.29. The number of hydrogen-bond donors (Lipinski definition) is 1. The van der Waals surface area contributed by atoms with Crippen LogP contribution in [0.15, 0.2) is 0 Å². The summed E-state index contributed by atoms with van der Waals surface area (Å²) in [6, 6.07) is 1.40. The third-order valence-corrected chi connectivity index (χ3v) is 5.67. The van der Waals surface area contributed by atoms with Crippen molar-refractivity contribution in [1.29, 1.82) is 0 Å². The lowest BCUT2D eigenvalue weighted by Crippen LogP contribution is -2.51. The number of likely N-dealkylation sites (N-methyl/N-ethyl adjacent to an activating group) is 1. The van der Waals surface area contributed by atoms with E-state index in [1.165, 1.54) is 28.5 Å². The van der Waals surface area contributed by atoms with Crippen LogP contribution in [0.2, 0.25) is 0 Å². The Morgan fingerprint density at radius 3 is 2.80 bits per heavy atom. The number of piperazine rings is 1. The Balaban J connectivity index is 1.63. The van der Waals surface area contributed by atoms with Gasteiger partial charge in [-0.25, -0.2) is 4.98 Å². The molecule has 3 rings (SSSR count). The molecule has 1 saturated carbocycles. The molecule has 1 atom stereocenters. The Hall–Kier alpha value is -0.650. The molecule has 1 aliphatic heterocycles. The van der Waals surface area contributed by atoms with Gasteiger partial charge in [0.1, 0.15) is 0 Å². The van der Waals surface area contributed by atoms with Crippen molar-refractivity contribution in [3.63, 3.8) is 0 Å². The first-order valence-electron chi connectivity index (χ1n) is 7.86. The predicted octanol–water partition coefficient (Wildman–Crippen LogP) is 2.23. The van der Waals surface area contributed by atoms with E-state index in [9.17, 15) is 0 Å². The highest BCUT2D eigenvalue weighted by Gasteiger charge is 2.25. The van der Waals surface area contributed by atoms with Gasteiger partial charge in [-0.2, -0.15) is 0 Å². The number of nitrogens with one attached hydrogen (secondary N) is 1. The van der Waals surface area contributed by atoms with Crippen molar-refractivity contribution in [2.24, 2.45) is 0 Å².